The predicted octanol–water partition coefficient (Wildman–Crippen LogP) is 3.42. The SMILES string of the molecule is Cl.NC1CCCC1CCS(=O)(=O)c1cccc(C(F)(F)F)c1. The minimum Gasteiger partial charge on any atom is -0.327 e. The molecule has 0 amide bonds. The van der Waals surface area contributed by atoms with Gasteiger partial charge in [0.05, 0.1) is 16.2 Å². The van der Waals surface area contributed by atoms with Crippen LogP contribution in [0, 0.1) is 5.92 Å². The lowest BCUT2D eigenvalue weighted by molar-refractivity contribution is -0.137. The van der Waals surface area contributed by atoms with E-state index in [1.165, 1.54) is 6.07 Å². The molecule has 0 saturated heterocycles. The molecule has 2 N–H and O–H groups in total. The van der Waals surface area contributed by atoms with Crippen LogP contribution in [0.25, 0.3) is 0 Å². The van der Waals surface area contributed by atoms with Gasteiger partial charge in [0.1, 0.15) is 0 Å². The maximum atomic E-state index is 12.6. The largest absolute Gasteiger partial charge is 0.416 e. The van der Waals surface area contributed by atoms with Gasteiger partial charge in [0.15, 0.2) is 9.84 Å². The summed E-state index contributed by atoms with van der Waals surface area (Å²) in [5.41, 5.74) is 4.94. The molecule has 2 unspecified atom stereocenters. The van der Waals surface area contributed by atoms with Crippen molar-refractivity contribution in [1.29, 1.82) is 0 Å². The average molecular weight is 358 g/mol. The number of sulfone groups is 1. The average Bonchev–Trinajstić information content (AvgIpc) is 2.81. The molecule has 1 aliphatic carbocycles. The predicted molar refractivity (Wildman–Crippen MR) is 80.7 cm³/mol. The number of hydrogen-bond donors (Lipinski definition) is 1. The van der Waals surface area contributed by atoms with Gasteiger partial charge >= 0.3 is 6.18 Å². The Morgan fingerprint density at radius 1 is 1.23 bits per heavy atom. The van der Waals surface area contributed by atoms with Gasteiger partial charge < -0.3 is 5.73 Å². The highest BCUT2D eigenvalue weighted by molar-refractivity contribution is 7.91. The molecule has 126 valence electrons. The van der Waals surface area contributed by atoms with Gasteiger partial charge in [-0.1, -0.05) is 12.5 Å². The number of alkyl halides is 3. The Balaban J connectivity index is 0.00000242. The Morgan fingerprint density at radius 3 is 2.45 bits per heavy atom. The molecule has 0 aliphatic heterocycles. The Bertz CT molecular complexity index is 604. The van der Waals surface area contributed by atoms with Crippen LogP contribution in [0.1, 0.15) is 31.2 Å². The molecule has 22 heavy (non-hydrogen) atoms. The molecule has 0 radical (unpaired) electrons. The van der Waals surface area contributed by atoms with Gasteiger partial charge in [0.25, 0.3) is 0 Å². The van der Waals surface area contributed by atoms with E-state index in [0.717, 1.165) is 31.4 Å². The first-order chi connectivity index (χ1) is 9.70. The smallest absolute Gasteiger partial charge is 0.327 e. The monoisotopic (exact) mass is 357 g/mol. The number of rotatable bonds is 4. The third kappa shape index (κ3) is 4.60. The van der Waals surface area contributed by atoms with Gasteiger partial charge in [-0.3, -0.25) is 0 Å². The van der Waals surface area contributed by atoms with E-state index in [1.54, 1.807) is 0 Å². The van der Waals surface area contributed by atoms with Crippen molar-refractivity contribution in [3.63, 3.8) is 0 Å². The zero-order valence-corrected chi connectivity index (χ0v) is 13.5. The summed E-state index contributed by atoms with van der Waals surface area (Å²) in [5.74, 6) is -0.0160. The van der Waals surface area contributed by atoms with E-state index < -0.39 is 21.6 Å². The molecule has 3 nitrogen and oxygen atoms in total. The van der Waals surface area contributed by atoms with E-state index in [4.69, 9.17) is 5.73 Å². The fraction of sp³-hybridized carbons (Fsp3) is 0.571. The van der Waals surface area contributed by atoms with Gasteiger partial charge in [0, 0.05) is 6.04 Å². The van der Waals surface area contributed by atoms with E-state index >= 15 is 0 Å². The number of hydrogen-bond acceptors (Lipinski definition) is 3. The lowest BCUT2D eigenvalue weighted by Gasteiger charge is -2.15. The third-order valence-electron chi connectivity index (χ3n) is 4.00. The first-order valence-electron chi connectivity index (χ1n) is 6.86. The summed E-state index contributed by atoms with van der Waals surface area (Å²) in [6, 6.07) is 3.90. The van der Waals surface area contributed by atoms with Gasteiger partial charge in [0.2, 0.25) is 0 Å². The van der Waals surface area contributed by atoms with E-state index in [9.17, 15) is 21.6 Å². The highest BCUT2D eigenvalue weighted by Crippen LogP contribution is 2.32. The summed E-state index contributed by atoms with van der Waals surface area (Å²) in [4.78, 5) is -0.274. The highest BCUT2D eigenvalue weighted by atomic mass is 35.5. The van der Waals surface area contributed by atoms with Crippen LogP contribution < -0.4 is 5.73 Å². The molecule has 8 heteroatoms. The van der Waals surface area contributed by atoms with E-state index in [2.05, 4.69) is 0 Å². The van der Waals surface area contributed by atoms with Crippen LogP contribution in [-0.2, 0) is 16.0 Å². The van der Waals surface area contributed by atoms with Crippen molar-refractivity contribution in [2.75, 3.05) is 5.75 Å². The van der Waals surface area contributed by atoms with Crippen LogP contribution >= 0.6 is 12.4 Å². The van der Waals surface area contributed by atoms with Crippen molar-refractivity contribution in [3.8, 4) is 0 Å². The van der Waals surface area contributed by atoms with Crippen LogP contribution in [0.15, 0.2) is 29.2 Å². The Kier molecular flexibility index (Phi) is 6.29. The number of halogens is 4. The summed E-state index contributed by atoms with van der Waals surface area (Å²) >= 11 is 0. The van der Waals surface area contributed by atoms with Gasteiger partial charge in [-0.15, -0.1) is 12.4 Å². The van der Waals surface area contributed by atoms with Crippen molar-refractivity contribution < 1.29 is 21.6 Å². The first-order valence-corrected chi connectivity index (χ1v) is 8.51. The van der Waals surface area contributed by atoms with Gasteiger partial charge in [-0.05, 0) is 43.4 Å². The maximum absolute atomic E-state index is 12.6. The molecule has 1 aliphatic rings. The second-order valence-electron chi connectivity index (χ2n) is 5.49. The zero-order chi connectivity index (χ0) is 15.7. The molecule has 1 aromatic carbocycles. The standard InChI is InChI=1S/C14H18F3NO2S.ClH/c15-14(16,17)11-4-2-5-12(9-11)21(19,20)8-7-10-3-1-6-13(10)18;/h2,4-5,9-10,13H,1,3,6-8,18H2;1H. The quantitative estimate of drug-likeness (QED) is 0.898. The molecule has 0 aromatic heterocycles. The molecule has 0 bridgehead atoms. The third-order valence-corrected chi connectivity index (χ3v) is 5.74. The summed E-state index contributed by atoms with van der Waals surface area (Å²) in [7, 11) is -3.71. The summed E-state index contributed by atoms with van der Waals surface area (Å²) in [6.45, 7) is 0. The summed E-state index contributed by atoms with van der Waals surface area (Å²) < 4.78 is 62.2. The molecular formula is C14H19ClF3NO2S. The van der Waals surface area contributed by atoms with Gasteiger partial charge in [-0.25, -0.2) is 8.42 Å². The van der Waals surface area contributed by atoms with Crippen LogP contribution in [0.3, 0.4) is 0 Å². The van der Waals surface area contributed by atoms with Crippen LogP contribution in [0.4, 0.5) is 13.2 Å². The molecule has 0 heterocycles. The van der Waals surface area contributed by atoms with Gasteiger partial charge in [-0.2, -0.15) is 13.2 Å². The normalized spacial score (nSPS) is 22.4. The molecular weight excluding hydrogens is 339 g/mol. The van der Waals surface area contributed by atoms with Crippen molar-refractivity contribution in [2.45, 2.75) is 42.8 Å². The minimum absolute atomic E-state index is 0. The topological polar surface area (TPSA) is 60.2 Å². The first kappa shape index (κ1) is 19.3. The van der Waals surface area contributed by atoms with E-state index in [0.29, 0.717) is 12.5 Å². The Hall–Kier alpha value is -0.790. The second-order valence-corrected chi connectivity index (χ2v) is 7.60. The molecule has 2 atom stereocenters. The fourth-order valence-electron chi connectivity index (χ4n) is 2.71. The van der Waals surface area contributed by atoms with E-state index in [1.807, 2.05) is 0 Å². The maximum Gasteiger partial charge on any atom is 0.416 e. The molecule has 1 aromatic rings. The number of nitrogens with two attached hydrogens (primary N) is 1. The molecule has 0 spiro atoms. The highest BCUT2D eigenvalue weighted by Gasteiger charge is 2.32. The minimum atomic E-state index is -4.54. The Morgan fingerprint density at radius 2 is 1.91 bits per heavy atom. The zero-order valence-electron chi connectivity index (χ0n) is 11.8. The molecule has 1 saturated carbocycles. The summed E-state index contributed by atoms with van der Waals surface area (Å²) in [5, 5.41) is 0. The summed E-state index contributed by atoms with van der Waals surface area (Å²) in [6.07, 6.45) is -1.39. The van der Waals surface area contributed by atoms with Crippen molar-refractivity contribution in [3.05, 3.63) is 29.8 Å². The Labute approximate surface area is 134 Å². The van der Waals surface area contributed by atoms with Crippen molar-refractivity contribution in [1.82, 2.24) is 0 Å². The van der Waals surface area contributed by atoms with Crippen LogP contribution in [0.2, 0.25) is 0 Å². The van der Waals surface area contributed by atoms with Crippen molar-refractivity contribution >= 4 is 22.2 Å². The second kappa shape index (κ2) is 7.19. The van der Waals surface area contributed by atoms with E-state index in [-0.39, 0.29) is 35.0 Å². The number of benzene rings is 1. The van der Waals surface area contributed by atoms with Crippen LogP contribution in [0.5, 0.6) is 0 Å². The molecule has 1 fully saturated rings. The lowest BCUT2D eigenvalue weighted by atomic mass is 10.0. The van der Waals surface area contributed by atoms with Crippen molar-refractivity contribution in [2.24, 2.45) is 11.7 Å². The lowest BCUT2D eigenvalue weighted by Crippen LogP contribution is -2.26. The fourth-order valence-corrected chi connectivity index (χ4v) is 4.16. The molecule has 2 rings (SSSR count). The van der Waals surface area contributed by atoms with Crippen LogP contribution in [-0.4, -0.2) is 20.2 Å².